The summed E-state index contributed by atoms with van der Waals surface area (Å²) in [5, 5.41) is 4.12. The number of rotatable bonds is 8. The highest BCUT2D eigenvalue weighted by atomic mass is 16.5. The van der Waals surface area contributed by atoms with Crippen LogP contribution in [0.4, 0.5) is 5.69 Å². The Morgan fingerprint density at radius 3 is 2.35 bits per heavy atom. The van der Waals surface area contributed by atoms with E-state index in [0.717, 1.165) is 35.7 Å². The number of aromatic nitrogens is 1. The summed E-state index contributed by atoms with van der Waals surface area (Å²) in [5.41, 5.74) is 9.31. The van der Waals surface area contributed by atoms with Crippen LogP contribution in [0, 0.1) is 20.8 Å². The van der Waals surface area contributed by atoms with Gasteiger partial charge in [-0.1, -0.05) is 6.07 Å². The summed E-state index contributed by atoms with van der Waals surface area (Å²) >= 11 is 0. The molecule has 0 unspecified atom stereocenters. The summed E-state index contributed by atoms with van der Waals surface area (Å²) in [6.07, 6.45) is 4.15. The average molecular weight is 497 g/mol. The van der Waals surface area contributed by atoms with Gasteiger partial charge in [0.2, 0.25) is 0 Å². The maximum atomic E-state index is 12.5. The lowest BCUT2D eigenvalue weighted by Gasteiger charge is -2.18. The molecule has 1 N–H and O–H groups in total. The van der Waals surface area contributed by atoms with E-state index in [2.05, 4.69) is 65.0 Å². The normalized spacial score (nSPS) is 13.4. The van der Waals surface area contributed by atoms with E-state index >= 15 is 0 Å². The molecule has 5 rings (SSSR count). The summed E-state index contributed by atoms with van der Waals surface area (Å²) in [6, 6.07) is 21.8. The van der Waals surface area contributed by atoms with Crippen molar-refractivity contribution in [3.8, 4) is 11.4 Å². The zero-order chi connectivity index (χ0) is 25.8. The molecule has 4 aromatic rings. The second kappa shape index (κ2) is 10.8. The van der Waals surface area contributed by atoms with Gasteiger partial charge in [0, 0.05) is 35.9 Å². The molecular formula is C30H32N4O3. The van der Waals surface area contributed by atoms with E-state index in [1.807, 2.05) is 30.3 Å². The molecule has 1 aliphatic rings. The van der Waals surface area contributed by atoms with Gasteiger partial charge in [0.05, 0.1) is 6.21 Å². The van der Waals surface area contributed by atoms with Gasteiger partial charge < -0.3 is 18.6 Å². The summed E-state index contributed by atoms with van der Waals surface area (Å²) in [4.78, 5) is 14.9. The van der Waals surface area contributed by atoms with E-state index in [4.69, 9.17) is 9.15 Å². The highest BCUT2D eigenvalue weighted by molar-refractivity contribution is 5.92. The molecule has 0 atom stereocenters. The van der Waals surface area contributed by atoms with Gasteiger partial charge in [-0.15, -0.1) is 0 Å². The van der Waals surface area contributed by atoms with Gasteiger partial charge >= 0.3 is 5.91 Å². The average Bonchev–Trinajstić information content (AvgIpc) is 3.66. The van der Waals surface area contributed by atoms with Gasteiger partial charge in [-0.25, -0.2) is 5.43 Å². The molecule has 0 radical (unpaired) electrons. The van der Waals surface area contributed by atoms with Crippen LogP contribution >= 0.6 is 0 Å². The Hall–Kier alpha value is -4.26. The monoisotopic (exact) mass is 496 g/mol. The molecule has 2 aromatic heterocycles. The maximum absolute atomic E-state index is 12.5. The second-order valence-corrected chi connectivity index (χ2v) is 9.43. The molecule has 190 valence electrons. The van der Waals surface area contributed by atoms with Gasteiger partial charge in [0.25, 0.3) is 0 Å². The topological polar surface area (TPSA) is 72.0 Å². The van der Waals surface area contributed by atoms with Gasteiger partial charge in [-0.3, -0.25) is 4.79 Å². The number of furan rings is 1. The first-order valence-electron chi connectivity index (χ1n) is 12.6. The Morgan fingerprint density at radius 2 is 1.65 bits per heavy atom. The van der Waals surface area contributed by atoms with Crippen LogP contribution in [-0.2, 0) is 6.61 Å². The first-order chi connectivity index (χ1) is 18.0. The standard InChI is InChI=1S/C30H32N4O3/c1-21-18-26(33-16-4-5-17-33)9-8-24(21)19-31-32-30(35)29-15-14-28(37-29)20-36-27-12-10-25(11-13-27)34-22(2)6-7-23(34)3/h6-15,18-19H,4-5,16-17,20H2,1-3H3,(H,32,35). The fraction of sp³-hybridized carbons (Fsp3) is 0.267. The number of anilines is 1. The van der Waals surface area contributed by atoms with E-state index in [1.165, 1.54) is 29.9 Å². The lowest BCUT2D eigenvalue weighted by atomic mass is 10.1. The van der Waals surface area contributed by atoms with Crippen LogP contribution in [0.15, 0.2) is 76.2 Å². The molecule has 7 nitrogen and oxygen atoms in total. The first kappa shape index (κ1) is 24.4. The van der Waals surface area contributed by atoms with Crippen molar-refractivity contribution in [1.82, 2.24) is 9.99 Å². The van der Waals surface area contributed by atoms with E-state index in [9.17, 15) is 4.79 Å². The van der Waals surface area contributed by atoms with Crippen LogP contribution < -0.4 is 15.1 Å². The van der Waals surface area contributed by atoms with Crippen LogP contribution in [0.5, 0.6) is 5.75 Å². The Bertz CT molecular complexity index is 1390. The third-order valence-corrected chi connectivity index (χ3v) is 6.73. The molecule has 0 aliphatic carbocycles. The minimum absolute atomic E-state index is 0.186. The Balaban J connectivity index is 1.13. The number of carbonyl (C=O) groups is 1. The Kier molecular flexibility index (Phi) is 7.12. The Morgan fingerprint density at radius 1 is 0.946 bits per heavy atom. The van der Waals surface area contributed by atoms with E-state index in [0.29, 0.717) is 5.76 Å². The van der Waals surface area contributed by atoms with Gasteiger partial charge in [-0.2, -0.15) is 5.10 Å². The zero-order valence-electron chi connectivity index (χ0n) is 21.5. The third-order valence-electron chi connectivity index (χ3n) is 6.73. The van der Waals surface area contributed by atoms with Crippen LogP contribution in [0.25, 0.3) is 5.69 Å². The smallest absolute Gasteiger partial charge is 0.307 e. The third kappa shape index (κ3) is 5.61. The summed E-state index contributed by atoms with van der Waals surface area (Å²) < 4.78 is 13.7. The van der Waals surface area contributed by atoms with Crippen molar-refractivity contribution in [2.75, 3.05) is 18.0 Å². The van der Waals surface area contributed by atoms with Gasteiger partial charge in [0.15, 0.2) is 5.76 Å². The molecule has 0 spiro atoms. The number of nitrogens with one attached hydrogen (secondary N) is 1. The molecule has 0 saturated carbocycles. The van der Waals surface area contributed by atoms with Crippen LogP contribution in [0.3, 0.4) is 0 Å². The molecule has 1 saturated heterocycles. The van der Waals surface area contributed by atoms with Crippen molar-refractivity contribution >= 4 is 17.8 Å². The molecule has 7 heteroatoms. The zero-order valence-corrected chi connectivity index (χ0v) is 21.5. The molecule has 1 fully saturated rings. The minimum Gasteiger partial charge on any atom is -0.486 e. The van der Waals surface area contributed by atoms with Crippen LogP contribution in [0.1, 0.15) is 51.7 Å². The van der Waals surface area contributed by atoms with Crippen molar-refractivity contribution < 1.29 is 13.9 Å². The van der Waals surface area contributed by atoms with Crippen LogP contribution in [-0.4, -0.2) is 29.8 Å². The molecule has 0 bridgehead atoms. The summed E-state index contributed by atoms with van der Waals surface area (Å²) in [6.45, 7) is 8.66. The minimum atomic E-state index is -0.407. The number of carbonyl (C=O) groups excluding carboxylic acids is 1. The largest absolute Gasteiger partial charge is 0.486 e. The predicted octanol–water partition coefficient (Wildman–Crippen LogP) is 5.94. The van der Waals surface area contributed by atoms with E-state index in [1.54, 1.807) is 18.3 Å². The quantitative estimate of drug-likeness (QED) is 0.242. The van der Waals surface area contributed by atoms with Gasteiger partial charge in [0.1, 0.15) is 18.1 Å². The molecule has 1 amide bonds. The number of aryl methyl sites for hydroxylation is 3. The van der Waals surface area contributed by atoms with Crippen molar-refractivity contribution in [2.24, 2.45) is 5.10 Å². The number of hydrogen-bond donors (Lipinski definition) is 1. The fourth-order valence-electron chi connectivity index (χ4n) is 4.69. The number of ether oxygens (including phenoxy) is 1. The maximum Gasteiger partial charge on any atom is 0.307 e. The molecular weight excluding hydrogens is 464 g/mol. The molecule has 3 heterocycles. The van der Waals surface area contributed by atoms with E-state index < -0.39 is 5.91 Å². The molecule has 2 aromatic carbocycles. The van der Waals surface area contributed by atoms with E-state index in [-0.39, 0.29) is 12.4 Å². The summed E-state index contributed by atoms with van der Waals surface area (Å²) in [5.74, 6) is 1.06. The number of nitrogens with zero attached hydrogens (tertiary/aromatic N) is 3. The Labute approximate surface area is 217 Å². The first-order valence-corrected chi connectivity index (χ1v) is 12.6. The summed E-state index contributed by atoms with van der Waals surface area (Å²) in [7, 11) is 0. The number of amides is 1. The lowest BCUT2D eigenvalue weighted by Crippen LogP contribution is -2.18. The van der Waals surface area contributed by atoms with Crippen molar-refractivity contribution in [2.45, 2.75) is 40.2 Å². The fourth-order valence-corrected chi connectivity index (χ4v) is 4.69. The highest BCUT2D eigenvalue weighted by Gasteiger charge is 2.13. The number of benzene rings is 2. The number of hydrogen-bond acceptors (Lipinski definition) is 5. The SMILES string of the molecule is Cc1cc(N2CCCC2)ccc1C=NNC(=O)c1ccc(COc2ccc(-n3c(C)ccc3C)cc2)o1. The van der Waals surface area contributed by atoms with Crippen molar-refractivity contribution in [1.29, 1.82) is 0 Å². The van der Waals surface area contributed by atoms with Crippen LogP contribution in [0.2, 0.25) is 0 Å². The lowest BCUT2D eigenvalue weighted by molar-refractivity contribution is 0.0923. The molecule has 37 heavy (non-hydrogen) atoms. The number of hydrazone groups is 1. The predicted molar refractivity (Wildman–Crippen MR) is 146 cm³/mol. The molecule has 1 aliphatic heterocycles. The second-order valence-electron chi connectivity index (χ2n) is 9.43. The van der Waals surface area contributed by atoms with Crippen molar-refractivity contribution in [3.63, 3.8) is 0 Å². The van der Waals surface area contributed by atoms with Crippen molar-refractivity contribution in [3.05, 3.63) is 101 Å². The highest BCUT2D eigenvalue weighted by Crippen LogP contribution is 2.23. The van der Waals surface area contributed by atoms with Gasteiger partial charge in [-0.05, 0) is 105 Å².